The number of aryl methyl sites for hydroxylation is 1. The lowest BCUT2D eigenvalue weighted by Gasteiger charge is -1.97. The quantitative estimate of drug-likeness (QED) is 0.669. The minimum absolute atomic E-state index is 0.600. The lowest BCUT2D eigenvalue weighted by molar-refractivity contribution is 0.111. The summed E-state index contributed by atoms with van der Waals surface area (Å²) < 4.78 is 0. The van der Waals surface area contributed by atoms with Crippen LogP contribution in [0.5, 0.6) is 0 Å². The van der Waals surface area contributed by atoms with Crippen molar-refractivity contribution in [1.29, 1.82) is 0 Å². The maximum absolute atomic E-state index is 11.3. The minimum atomic E-state index is 0.600. The van der Waals surface area contributed by atoms with Crippen LogP contribution in [0.1, 0.15) is 36.3 Å². The van der Waals surface area contributed by atoms with E-state index in [1.807, 2.05) is 30.3 Å². The molecule has 3 aromatic rings. The second-order valence-corrected chi connectivity index (χ2v) is 6.76. The highest BCUT2D eigenvalue weighted by atomic mass is 32.1. The molecule has 0 aliphatic rings. The third-order valence-electron chi connectivity index (χ3n) is 3.17. The van der Waals surface area contributed by atoms with Gasteiger partial charge in [0.15, 0.2) is 22.6 Å². The van der Waals surface area contributed by atoms with Gasteiger partial charge in [-0.2, -0.15) is 0 Å². The zero-order valence-electron chi connectivity index (χ0n) is 11.8. The van der Waals surface area contributed by atoms with Gasteiger partial charge >= 0.3 is 0 Å². The molecule has 3 rings (SSSR count). The fraction of sp³-hybridized carbons (Fsp3) is 0.125. The highest BCUT2D eigenvalue weighted by Gasteiger charge is 2.16. The van der Waals surface area contributed by atoms with E-state index in [-0.39, 0.29) is 0 Å². The molecule has 0 aliphatic carbocycles. The topological polar surface area (TPSA) is 59.9 Å². The molecule has 0 saturated carbocycles. The molecule has 0 aliphatic heterocycles. The molecule has 0 saturated heterocycles. The van der Waals surface area contributed by atoms with Gasteiger partial charge in [-0.1, -0.05) is 30.3 Å². The number of carbonyl (C=O) groups excluding carboxylic acids is 2. The highest BCUT2D eigenvalue weighted by molar-refractivity contribution is 7.23. The molecule has 0 radical (unpaired) electrons. The number of rotatable bonds is 5. The van der Waals surface area contributed by atoms with Crippen LogP contribution in [0.3, 0.4) is 0 Å². The van der Waals surface area contributed by atoms with Crippen molar-refractivity contribution < 1.29 is 9.59 Å². The summed E-state index contributed by atoms with van der Waals surface area (Å²) in [4.78, 5) is 32.4. The third-order valence-corrected chi connectivity index (χ3v) is 5.42. The summed E-state index contributed by atoms with van der Waals surface area (Å²) in [6, 6.07) is 9.89. The van der Waals surface area contributed by atoms with Gasteiger partial charge in [-0.05, 0) is 12.5 Å². The zero-order chi connectivity index (χ0) is 15.5. The van der Waals surface area contributed by atoms with Gasteiger partial charge in [0.1, 0.15) is 0 Å². The van der Waals surface area contributed by atoms with Crippen molar-refractivity contribution in [3.05, 3.63) is 57.0 Å². The van der Waals surface area contributed by atoms with Crippen LogP contribution in [0, 0.1) is 6.92 Å². The van der Waals surface area contributed by atoms with E-state index in [9.17, 15) is 9.59 Å². The van der Waals surface area contributed by atoms with Crippen molar-refractivity contribution >= 4 is 35.2 Å². The van der Waals surface area contributed by atoms with Gasteiger partial charge in [-0.25, -0.2) is 9.97 Å². The van der Waals surface area contributed by atoms with Crippen LogP contribution in [0.2, 0.25) is 0 Å². The standard InChI is InChI=1S/C16H12N2O2S2/c1-10-13(8-19)21-15(17-10)16-18-12(14(9-20)22-16)7-11-5-3-2-4-6-11/h2-6,8-9H,7H2,1H3. The van der Waals surface area contributed by atoms with Gasteiger partial charge in [-0.15, -0.1) is 22.7 Å². The first-order chi connectivity index (χ1) is 10.7. The third kappa shape index (κ3) is 2.88. The molecule has 0 atom stereocenters. The Labute approximate surface area is 135 Å². The largest absolute Gasteiger partial charge is 0.297 e. The maximum atomic E-state index is 11.3. The van der Waals surface area contributed by atoms with Crippen molar-refractivity contribution in [2.75, 3.05) is 0 Å². The van der Waals surface area contributed by atoms with Gasteiger partial charge in [0.2, 0.25) is 0 Å². The number of hydrogen-bond acceptors (Lipinski definition) is 6. The molecule has 0 unspecified atom stereocenters. The molecule has 6 heteroatoms. The van der Waals surface area contributed by atoms with Crippen molar-refractivity contribution in [3.63, 3.8) is 0 Å². The van der Waals surface area contributed by atoms with Crippen molar-refractivity contribution in [1.82, 2.24) is 9.97 Å². The fourth-order valence-electron chi connectivity index (χ4n) is 2.07. The SMILES string of the molecule is Cc1nc(-c2nc(Cc3ccccc3)c(C=O)s2)sc1C=O. The Morgan fingerprint density at radius 1 is 0.955 bits per heavy atom. The minimum Gasteiger partial charge on any atom is -0.297 e. The predicted molar refractivity (Wildman–Crippen MR) is 88.0 cm³/mol. The number of benzene rings is 1. The van der Waals surface area contributed by atoms with Crippen LogP contribution in [-0.4, -0.2) is 22.5 Å². The van der Waals surface area contributed by atoms with Crippen LogP contribution in [0.4, 0.5) is 0 Å². The summed E-state index contributed by atoms with van der Waals surface area (Å²) in [7, 11) is 0. The number of aldehydes is 2. The molecule has 0 N–H and O–H groups in total. The summed E-state index contributed by atoms with van der Waals surface area (Å²) in [6.45, 7) is 1.79. The Morgan fingerprint density at radius 2 is 1.59 bits per heavy atom. The molecule has 1 aromatic carbocycles. The summed E-state index contributed by atoms with van der Waals surface area (Å²) >= 11 is 2.62. The van der Waals surface area contributed by atoms with Crippen LogP contribution in [0.25, 0.3) is 10.0 Å². The van der Waals surface area contributed by atoms with Crippen molar-refractivity contribution in [2.45, 2.75) is 13.3 Å². The molecule has 0 bridgehead atoms. The number of thiazole rings is 2. The first-order valence-electron chi connectivity index (χ1n) is 6.63. The molecule has 0 amide bonds. The average molecular weight is 328 g/mol. The lowest BCUT2D eigenvalue weighted by Crippen LogP contribution is -1.92. The molecule has 2 aromatic heterocycles. The van der Waals surface area contributed by atoms with Crippen LogP contribution < -0.4 is 0 Å². The van der Waals surface area contributed by atoms with E-state index in [2.05, 4.69) is 9.97 Å². The van der Waals surface area contributed by atoms with E-state index in [4.69, 9.17) is 0 Å². The first kappa shape index (κ1) is 14.7. The summed E-state index contributed by atoms with van der Waals surface area (Å²) in [5.41, 5.74) is 2.55. The molecule has 0 spiro atoms. The lowest BCUT2D eigenvalue weighted by atomic mass is 10.1. The summed E-state index contributed by atoms with van der Waals surface area (Å²) in [5.74, 6) is 0. The Bertz CT molecular complexity index is 822. The van der Waals surface area contributed by atoms with Crippen molar-refractivity contribution in [2.24, 2.45) is 0 Å². The van der Waals surface area contributed by atoms with Crippen LogP contribution >= 0.6 is 22.7 Å². The smallest absolute Gasteiger partial charge is 0.161 e. The van der Waals surface area contributed by atoms with E-state index in [0.717, 1.165) is 23.8 Å². The second-order valence-electron chi connectivity index (χ2n) is 4.70. The van der Waals surface area contributed by atoms with Crippen molar-refractivity contribution in [3.8, 4) is 10.0 Å². The number of carbonyl (C=O) groups is 2. The van der Waals surface area contributed by atoms with E-state index < -0.39 is 0 Å². The van der Waals surface area contributed by atoms with Crippen LogP contribution in [-0.2, 0) is 6.42 Å². The zero-order valence-corrected chi connectivity index (χ0v) is 13.4. The predicted octanol–water partition coefficient (Wildman–Crippen LogP) is 3.79. The van der Waals surface area contributed by atoms with Gasteiger partial charge in [0.05, 0.1) is 21.1 Å². The monoisotopic (exact) mass is 328 g/mol. The fourth-order valence-corrected chi connectivity index (χ4v) is 3.87. The van der Waals surface area contributed by atoms with Gasteiger partial charge in [-0.3, -0.25) is 9.59 Å². The number of nitrogens with zero attached hydrogens (tertiary/aromatic N) is 2. The number of aromatic nitrogens is 2. The molecular formula is C16H12N2O2S2. The Morgan fingerprint density at radius 3 is 2.23 bits per heavy atom. The Balaban J connectivity index is 1.97. The summed E-state index contributed by atoms with van der Waals surface area (Å²) in [6.07, 6.45) is 2.24. The van der Waals surface area contributed by atoms with Crippen LogP contribution in [0.15, 0.2) is 30.3 Å². The van der Waals surface area contributed by atoms with Gasteiger partial charge in [0, 0.05) is 6.42 Å². The summed E-state index contributed by atoms with van der Waals surface area (Å²) in [5, 5.41) is 1.38. The number of hydrogen-bond donors (Lipinski definition) is 0. The Hall–Kier alpha value is -2.18. The molecule has 110 valence electrons. The van der Waals surface area contributed by atoms with E-state index in [0.29, 0.717) is 31.9 Å². The average Bonchev–Trinajstić information content (AvgIpc) is 3.11. The van der Waals surface area contributed by atoms with Gasteiger partial charge < -0.3 is 0 Å². The first-order valence-corrected chi connectivity index (χ1v) is 8.26. The van der Waals surface area contributed by atoms with E-state index in [1.165, 1.54) is 22.7 Å². The molecule has 4 nitrogen and oxygen atoms in total. The van der Waals surface area contributed by atoms with E-state index in [1.54, 1.807) is 6.92 Å². The normalized spacial score (nSPS) is 10.6. The second kappa shape index (κ2) is 6.29. The molecule has 2 heterocycles. The van der Waals surface area contributed by atoms with E-state index >= 15 is 0 Å². The molecule has 0 fully saturated rings. The maximum Gasteiger partial charge on any atom is 0.161 e. The van der Waals surface area contributed by atoms with Gasteiger partial charge in [0.25, 0.3) is 0 Å². The molecular weight excluding hydrogens is 316 g/mol. The highest BCUT2D eigenvalue weighted by Crippen LogP contribution is 2.32. The molecule has 22 heavy (non-hydrogen) atoms. The Kier molecular flexibility index (Phi) is 4.22.